The molecule has 1 aromatic heterocycles. The van der Waals surface area contributed by atoms with Crippen LogP contribution in [0.5, 0.6) is 0 Å². The Bertz CT molecular complexity index is 687. The molecule has 0 spiro atoms. The number of anilines is 1. The van der Waals surface area contributed by atoms with E-state index in [1.54, 1.807) is 0 Å². The van der Waals surface area contributed by atoms with Crippen molar-refractivity contribution in [1.82, 2.24) is 14.8 Å². The highest BCUT2D eigenvalue weighted by atomic mass is 16.4. The lowest BCUT2D eigenvalue weighted by atomic mass is 9.86. The molecule has 2 atom stereocenters. The third-order valence-electron chi connectivity index (χ3n) is 6.92. The molecule has 6 nitrogen and oxygen atoms in total. The Balaban J connectivity index is 1.47. The smallest absolute Gasteiger partial charge is 0.303 e. The van der Waals surface area contributed by atoms with Gasteiger partial charge in [0, 0.05) is 57.4 Å². The highest BCUT2D eigenvalue weighted by molar-refractivity contribution is 5.66. The SMILES string of the molecule is CN1CCN([C@H]2CCN(c3ccc4c(n3)CCCC4)C[C@H]2CCC(=O)O)CC1. The molecule has 3 aliphatic rings. The number of nitrogens with zero attached hydrogens (tertiary/aromatic N) is 4. The van der Waals surface area contributed by atoms with Crippen LogP contribution in [0.15, 0.2) is 12.1 Å². The number of fused-ring (bicyclic) bond motifs is 1. The quantitative estimate of drug-likeness (QED) is 0.838. The maximum Gasteiger partial charge on any atom is 0.303 e. The van der Waals surface area contributed by atoms with Gasteiger partial charge in [-0.05, 0) is 63.1 Å². The second-order valence-electron chi connectivity index (χ2n) is 8.82. The Labute approximate surface area is 168 Å². The molecule has 154 valence electrons. The van der Waals surface area contributed by atoms with Gasteiger partial charge in [-0.1, -0.05) is 6.07 Å². The van der Waals surface area contributed by atoms with Crippen LogP contribution in [0, 0.1) is 5.92 Å². The van der Waals surface area contributed by atoms with Crippen molar-refractivity contribution in [1.29, 1.82) is 0 Å². The first-order chi connectivity index (χ1) is 13.6. The number of carboxylic acids is 1. The first-order valence-corrected chi connectivity index (χ1v) is 11.0. The lowest BCUT2D eigenvalue weighted by Gasteiger charge is -2.46. The Morgan fingerprint density at radius 1 is 1.14 bits per heavy atom. The minimum atomic E-state index is -0.679. The Kier molecular flexibility index (Phi) is 6.16. The molecule has 1 N–H and O–H groups in total. The number of piperazine rings is 1. The van der Waals surface area contributed by atoms with Crippen molar-refractivity contribution in [2.45, 2.75) is 51.0 Å². The second-order valence-corrected chi connectivity index (χ2v) is 8.82. The van der Waals surface area contributed by atoms with Crippen molar-refractivity contribution in [2.75, 3.05) is 51.2 Å². The highest BCUT2D eigenvalue weighted by Crippen LogP contribution is 2.31. The van der Waals surface area contributed by atoms with Crippen LogP contribution in [0.4, 0.5) is 5.82 Å². The number of aliphatic carboxylic acids is 1. The molecular formula is C22H34N4O2. The molecule has 2 fully saturated rings. The maximum atomic E-state index is 11.2. The zero-order valence-electron chi connectivity index (χ0n) is 17.1. The second kappa shape index (κ2) is 8.78. The first kappa shape index (κ1) is 19.6. The topological polar surface area (TPSA) is 59.9 Å². The van der Waals surface area contributed by atoms with Crippen LogP contribution in [-0.2, 0) is 17.6 Å². The van der Waals surface area contributed by atoms with E-state index in [1.165, 1.54) is 24.1 Å². The molecule has 2 aliphatic heterocycles. The number of aryl methyl sites for hydroxylation is 2. The third-order valence-corrected chi connectivity index (χ3v) is 6.92. The number of carboxylic acid groups (broad SMARTS) is 1. The average Bonchev–Trinajstić information content (AvgIpc) is 2.72. The molecule has 0 saturated carbocycles. The van der Waals surface area contributed by atoms with Crippen molar-refractivity contribution < 1.29 is 9.90 Å². The predicted molar refractivity (Wildman–Crippen MR) is 111 cm³/mol. The van der Waals surface area contributed by atoms with E-state index < -0.39 is 5.97 Å². The molecule has 1 aromatic rings. The van der Waals surface area contributed by atoms with Gasteiger partial charge < -0.3 is 14.9 Å². The van der Waals surface area contributed by atoms with Crippen molar-refractivity contribution in [2.24, 2.45) is 5.92 Å². The number of piperidine rings is 1. The fourth-order valence-corrected chi connectivity index (χ4v) is 5.20. The molecule has 4 rings (SSSR count). The first-order valence-electron chi connectivity index (χ1n) is 11.0. The number of hydrogen-bond acceptors (Lipinski definition) is 5. The lowest BCUT2D eigenvalue weighted by Crippen LogP contribution is -2.56. The number of carbonyl (C=O) groups is 1. The molecule has 3 heterocycles. The summed E-state index contributed by atoms with van der Waals surface area (Å²) in [5.41, 5.74) is 2.71. The molecule has 0 bridgehead atoms. The Morgan fingerprint density at radius 3 is 2.71 bits per heavy atom. The van der Waals surface area contributed by atoms with Gasteiger partial charge >= 0.3 is 5.97 Å². The number of rotatable bonds is 5. The zero-order chi connectivity index (χ0) is 19.5. The van der Waals surface area contributed by atoms with Crippen LogP contribution in [0.25, 0.3) is 0 Å². The van der Waals surface area contributed by atoms with Crippen molar-refractivity contribution in [3.05, 3.63) is 23.4 Å². The number of aromatic nitrogens is 1. The molecular weight excluding hydrogens is 352 g/mol. The summed E-state index contributed by atoms with van der Waals surface area (Å²) in [5.74, 6) is 0.810. The predicted octanol–water partition coefficient (Wildman–Crippen LogP) is 2.27. The van der Waals surface area contributed by atoms with Crippen LogP contribution < -0.4 is 4.90 Å². The van der Waals surface area contributed by atoms with E-state index in [9.17, 15) is 9.90 Å². The van der Waals surface area contributed by atoms with Crippen molar-refractivity contribution >= 4 is 11.8 Å². The molecule has 0 unspecified atom stereocenters. The Morgan fingerprint density at radius 2 is 1.93 bits per heavy atom. The molecule has 2 saturated heterocycles. The number of hydrogen-bond donors (Lipinski definition) is 1. The lowest BCUT2D eigenvalue weighted by molar-refractivity contribution is -0.137. The molecule has 1 aliphatic carbocycles. The van der Waals surface area contributed by atoms with Crippen LogP contribution in [0.1, 0.15) is 43.4 Å². The standard InChI is InChI=1S/C22H34N4O2/c1-24-12-14-25(15-13-24)20-10-11-26(16-18(20)7-9-22(27)28)21-8-6-17-4-2-3-5-19(17)23-21/h6,8,18,20H,2-5,7,9-16H2,1H3,(H,27,28)/t18-,20+/m1/s1. The van der Waals surface area contributed by atoms with E-state index in [0.29, 0.717) is 12.0 Å². The van der Waals surface area contributed by atoms with Crippen LogP contribution >= 0.6 is 0 Å². The van der Waals surface area contributed by atoms with Crippen molar-refractivity contribution in [3.8, 4) is 0 Å². The Hall–Kier alpha value is -1.66. The number of pyridine rings is 1. The van der Waals surface area contributed by atoms with Gasteiger partial charge in [-0.2, -0.15) is 0 Å². The fraction of sp³-hybridized carbons (Fsp3) is 0.727. The van der Waals surface area contributed by atoms with Crippen molar-refractivity contribution in [3.63, 3.8) is 0 Å². The van der Waals surface area contributed by atoms with Crippen LogP contribution in [0.2, 0.25) is 0 Å². The fourth-order valence-electron chi connectivity index (χ4n) is 5.20. The van der Waals surface area contributed by atoms with E-state index in [0.717, 1.165) is 70.8 Å². The van der Waals surface area contributed by atoms with Gasteiger partial charge in [0.25, 0.3) is 0 Å². The molecule has 28 heavy (non-hydrogen) atoms. The largest absolute Gasteiger partial charge is 0.481 e. The summed E-state index contributed by atoms with van der Waals surface area (Å²) >= 11 is 0. The summed E-state index contributed by atoms with van der Waals surface area (Å²) in [6, 6.07) is 4.96. The third kappa shape index (κ3) is 4.49. The van der Waals surface area contributed by atoms with Crippen LogP contribution in [-0.4, -0.2) is 78.2 Å². The number of likely N-dealkylation sites (N-methyl/N-ethyl adjacent to an activating group) is 1. The zero-order valence-corrected chi connectivity index (χ0v) is 17.1. The van der Waals surface area contributed by atoms with Gasteiger partial charge in [-0.3, -0.25) is 9.69 Å². The summed E-state index contributed by atoms with van der Waals surface area (Å²) in [5, 5.41) is 9.24. The van der Waals surface area contributed by atoms with Gasteiger partial charge in [0.1, 0.15) is 5.82 Å². The molecule has 0 amide bonds. The molecule has 0 aromatic carbocycles. The summed E-state index contributed by atoms with van der Waals surface area (Å²) in [4.78, 5) is 23.6. The van der Waals surface area contributed by atoms with E-state index in [1.807, 2.05) is 0 Å². The summed E-state index contributed by atoms with van der Waals surface area (Å²) in [6.07, 6.45) is 6.91. The summed E-state index contributed by atoms with van der Waals surface area (Å²) in [6.45, 7) is 6.36. The normalized spacial score (nSPS) is 26.8. The van der Waals surface area contributed by atoms with E-state index in [-0.39, 0.29) is 6.42 Å². The minimum absolute atomic E-state index is 0.264. The molecule has 0 radical (unpaired) electrons. The molecule has 6 heteroatoms. The van der Waals surface area contributed by atoms with E-state index in [2.05, 4.69) is 33.9 Å². The van der Waals surface area contributed by atoms with Gasteiger partial charge in [-0.25, -0.2) is 4.98 Å². The van der Waals surface area contributed by atoms with Gasteiger partial charge in [-0.15, -0.1) is 0 Å². The summed E-state index contributed by atoms with van der Waals surface area (Å²) < 4.78 is 0. The van der Waals surface area contributed by atoms with Gasteiger partial charge in [0.05, 0.1) is 0 Å². The maximum absolute atomic E-state index is 11.2. The van der Waals surface area contributed by atoms with Gasteiger partial charge in [0.15, 0.2) is 0 Å². The van der Waals surface area contributed by atoms with Gasteiger partial charge in [0.2, 0.25) is 0 Å². The summed E-state index contributed by atoms with van der Waals surface area (Å²) in [7, 11) is 2.18. The average molecular weight is 387 g/mol. The van der Waals surface area contributed by atoms with Crippen LogP contribution in [0.3, 0.4) is 0 Å². The minimum Gasteiger partial charge on any atom is -0.481 e. The van der Waals surface area contributed by atoms with E-state index in [4.69, 9.17) is 4.98 Å². The van der Waals surface area contributed by atoms with E-state index >= 15 is 0 Å². The monoisotopic (exact) mass is 386 g/mol. The highest BCUT2D eigenvalue weighted by Gasteiger charge is 2.35.